The maximum Gasteiger partial charge on any atom is 0.239 e. The van der Waals surface area contributed by atoms with Crippen LogP contribution in [0.4, 0.5) is 5.69 Å². The van der Waals surface area contributed by atoms with Gasteiger partial charge >= 0.3 is 0 Å². The second-order valence-electron chi connectivity index (χ2n) is 3.69. The molecule has 2 N–H and O–H groups in total. The van der Waals surface area contributed by atoms with Crippen LogP contribution in [0, 0.1) is 0 Å². The number of rotatable bonds is 5. The molecule has 0 aliphatic carbocycles. The van der Waals surface area contributed by atoms with Crippen LogP contribution in [0.25, 0.3) is 0 Å². The summed E-state index contributed by atoms with van der Waals surface area (Å²) in [5, 5.41) is 5.40. The fourth-order valence-electron chi connectivity index (χ4n) is 1.53. The van der Waals surface area contributed by atoms with Gasteiger partial charge in [-0.25, -0.2) is 0 Å². The van der Waals surface area contributed by atoms with Crippen LogP contribution >= 0.6 is 23.2 Å². The normalized spacial score (nSPS) is 11.7. The molecular weight excluding hydrogens is 275 g/mol. The van der Waals surface area contributed by atoms with Crippen LogP contribution in [0.2, 0.25) is 0 Å². The molecule has 0 aliphatic heterocycles. The molecule has 6 heteroatoms. The maximum absolute atomic E-state index is 11.3. The number of alkyl halides is 2. The minimum atomic E-state index is -0.292. The van der Waals surface area contributed by atoms with Crippen molar-refractivity contribution in [2.24, 2.45) is 0 Å². The molecule has 1 rings (SSSR count). The van der Waals surface area contributed by atoms with Gasteiger partial charge in [0, 0.05) is 5.69 Å². The molecule has 18 heavy (non-hydrogen) atoms. The molecule has 0 radical (unpaired) electrons. The van der Waals surface area contributed by atoms with E-state index in [-0.39, 0.29) is 29.6 Å². The molecule has 0 spiro atoms. The third-order valence-electron chi connectivity index (χ3n) is 2.32. The van der Waals surface area contributed by atoms with Crippen molar-refractivity contribution >= 4 is 40.7 Å². The van der Waals surface area contributed by atoms with E-state index in [1.54, 1.807) is 12.1 Å². The van der Waals surface area contributed by atoms with Crippen molar-refractivity contribution in [1.29, 1.82) is 0 Å². The lowest BCUT2D eigenvalue weighted by atomic mass is 10.1. The summed E-state index contributed by atoms with van der Waals surface area (Å²) in [5.41, 5.74) is 1.43. The molecule has 0 fully saturated rings. The molecule has 0 heterocycles. The zero-order valence-corrected chi connectivity index (χ0v) is 11.4. The van der Waals surface area contributed by atoms with Crippen LogP contribution in [0.1, 0.15) is 18.5 Å². The highest BCUT2D eigenvalue weighted by atomic mass is 35.5. The maximum atomic E-state index is 11.3. The Kier molecular flexibility index (Phi) is 5.95. The summed E-state index contributed by atoms with van der Waals surface area (Å²) in [4.78, 5) is 22.5. The van der Waals surface area contributed by atoms with E-state index in [0.717, 1.165) is 5.56 Å². The van der Waals surface area contributed by atoms with Gasteiger partial charge in [0.25, 0.3) is 0 Å². The summed E-state index contributed by atoms with van der Waals surface area (Å²) >= 11 is 10.9. The number of nitrogens with one attached hydrogen (secondary N) is 2. The first-order valence-corrected chi connectivity index (χ1v) is 6.45. The van der Waals surface area contributed by atoms with E-state index in [1.165, 1.54) is 0 Å². The highest BCUT2D eigenvalue weighted by Crippen LogP contribution is 2.22. The molecule has 0 saturated heterocycles. The molecular formula is C12H14Cl2N2O2. The standard InChI is InChI=1S/C12H14Cl2N2O2/c1-8(15-11(17)6-13)9-4-2-3-5-10(9)16-12(18)7-14/h2-5,8H,6-7H2,1H3,(H,15,17)(H,16,18). The number of amides is 2. The molecule has 4 nitrogen and oxygen atoms in total. The first kappa shape index (κ1) is 14.8. The fraction of sp³-hybridized carbons (Fsp3) is 0.333. The quantitative estimate of drug-likeness (QED) is 0.817. The molecule has 1 atom stereocenters. The summed E-state index contributed by atoms with van der Waals surface area (Å²) in [5.74, 6) is -0.764. The Morgan fingerprint density at radius 1 is 1.17 bits per heavy atom. The van der Waals surface area contributed by atoms with E-state index < -0.39 is 0 Å². The minimum Gasteiger partial charge on any atom is -0.348 e. The van der Waals surface area contributed by atoms with Crippen molar-refractivity contribution in [2.45, 2.75) is 13.0 Å². The van der Waals surface area contributed by atoms with Gasteiger partial charge in [-0.2, -0.15) is 0 Å². The molecule has 0 bridgehead atoms. The number of carbonyl (C=O) groups excluding carboxylic acids is 2. The number of hydrogen-bond donors (Lipinski definition) is 2. The van der Waals surface area contributed by atoms with Crippen molar-refractivity contribution in [1.82, 2.24) is 5.32 Å². The number of para-hydroxylation sites is 1. The number of carbonyl (C=O) groups is 2. The first-order valence-electron chi connectivity index (χ1n) is 5.38. The van der Waals surface area contributed by atoms with Gasteiger partial charge in [-0.05, 0) is 18.6 Å². The fourth-order valence-corrected chi connectivity index (χ4v) is 1.67. The van der Waals surface area contributed by atoms with Crippen LogP contribution in [0.3, 0.4) is 0 Å². The van der Waals surface area contributed by atoms with Gasteiger partial charge in [0.2, 0.25) is 11.8 Å². The summed E-state index contributed by atoms with van der Waals surface area (Å²) in [6.07, 6.45) is 0. The number of halogens is 2. The Bertz CT molecular complexity index is 438. The summed E-state index contributed by atoms with van der Waals surface area (Å²) in [6.45, 7) is 1.82. The lowest BCUT2D eigenvalue weighted by molar-refractivity contribution is -0.119. The van der Waals surface area contributed by atoms with E-state index in [1.807, 2.05) is 19.1 Å². The van der Waals surface area contributed by atoms with Gasteiger partial charge in [-0.3, -0.25) is 9.59 Å². The Morgan fingerprint density at radius 2 is 1.78 bits per heavy atom. The van der Waals surface area contributed by atoms with E-state index in [0.29, 0.717) is 5.69 Å². The molecule has 0 aliphatic rings. The van der Waals surface area contributed by atoms with Gasteiger partial charge in [0.05, 0.1) is 6.04 Å². The number of benzene rings is 1. The lowest BCUT2D eigenvalue weighted by Gasteiger charge is -2.17. The molecule has 0 saturated carbocycles. The SMILES string of the molecule is CC(NC(=O)CCl)c1ccccc1NC(=O)CCl. The Hall–Kier alpha value is -1.26. The molecule has 2 amide bonds. The van der Waals surface area contributed by atoms with E-state index in [2.05, 4.69) is 10.6 Å². The van der Waals surface area contributed by atoms with Gasteiger partial charge in [0.15, 0.2) is 0 Å². The predicted octanol–water partition coefficient (Wildman–Crippen LogP) is 2.28. The van der Waals surface area contributed by atoms with Crippen molar-refractivity contribution in [3.8, 4) is 0 Å². The Morgan fingerprint density at radius 3 is 2.39 bits per heavy atom. The van der Waals surface area contributed by atoms with E-state index in [4.69, 9.17) is 23.2 Å². The van der Waals surface area contributed by atoms with Crippen LogP contribution in [0.5, 0.6) is 0 Å². The first-order chi connectivity index (χ1) is 8.58. The largest absolute Gasteiger partial charge is 0.348 e. The molecule has 98 valence electrons. The average Bonchev–Trinajstić information content (AvgIpc) is 2.38. The van der Waals surface area contributed by atoms with Gasteiger partial charge in [0.1, 0.15) is 11.8 Å². The smallest absolute Gasteiger partial charge is 0.239 e. The highest BCUT2D eigenvalue weighted by molar-refractivity contribution is 6.29. The highest BCUT2D eigenvalue weighted by Gasteiger charge is 2.13. The summed E-state index contributed by atoms with van der Waals surface area (Å²) < 4.78 is 0. The third kappa shape index (κ3) is 4.20. The van der Waals surface area contributed by atoms with Crippen LogP contribution in [-0.4, -0.2) is 23.6 Å². The summed E-state index contributed by atoms with van der Waals surface area (Å²) in [7, 11) is 0. The Balaban J connectivity index is 2.87. The number of anilines is 1. The monoisotopic (exact) mass is 288 g/mol. The lowest BCUT2D eigenvalue weighted by Crippen LogP contribution is -2.28. The van der Waals surface area contributed by atoms with Gasteiger partial charge in [-0.15, -0.1) is 23.2 Å². The van der Waals surface area contributed by atoms with E-state index >= 15 is 0 Å². The average molecular weight is 289 g/mol. The molecule has 1 aromatic rings. The second-order valence-corrected chi connectivity index (χ2v) is 4.23. The second kappa shape index (κ2) is 7.24. The van der Waals surface area contributed by atoms with Crippen LogP contribution in [-0.2, 0) is 9.59 Å². The van der Waals surface area contributed by atoms with Crippen molar-refractivity contribution in [2.75, 3.05) is 17.1 Å². The van der Waals surface area contributed by atoms with Crippen LogP contribution in [0.15, 0.2) is 24.3 Å². The van der Waals surface area contributed by atoms with Gasteiger partial charge in [-0.1, -0.05) is 18.2 Å². The minimum absolute atomic E-state index is 0.0967. The molecule has 0 aromatic heterocycles. The third-order valence-corrected chi connectivity index (χ3v) is 2.81. The number of hydrogen-bond acceptors (Lipinski definition) is 2. The van der Waals surface area contributed by atoms with Gasteiger partial charge < -0.3 is 10.6 Å². The Labute approximate surface area is 116 Å². The molecule has 1 unspecified atom stereocenters. The zero-order chi connectivity index (χ0) is 13.5. The topological polar surface area (TPSA) is 58.2 Å². The van der Waals surface area contributed by atoms with Crippen molar-refractivity contribution in [3.05, 3.63) is 29.8 Å². The van der Waals surface area contributed by atoms with Crippen LogP contribution < -0.4 is 10.6 Å². The zero-order valence-electron chi connectivity index (χ0n) is 9.87. The molecule has 1 aromatic carbocycles. The summed E-state index contributed by atoms with van der Waals surface area (Å²) in [6, 6.07) is 6.95. The predicted molar refractivity (Wildman–Crippen MR) is 73.1 cm³/mol. The van der Waals surface area contributed by atoms with Crippen molar-refractivity contribution < 1.29 is 9.59 Å². The van der Waals surface area contributed by atoms with E-state index in [9.17, 15) is 9.59 Å². The van der Waals surface area contributed by atoms with Crippen molar-refractivity contribution in [3.63, 3.8) is 0 Å².